The third-order valence-corrected chi connectivity index (χ3v) is 10.0. The number of unbranched alkanes of at least 4 members (excludes halogenated alkanes) is 2. The zero-order chi connectivity index (χ0) is 13.3. The minimum Gasteiger partial charge on any atom is -0.229 e. The van der Waals surface area contributed by atoms with E-state index in [9.17, 15) is 0 Å². The molecule has 0 unspecified atom stereocenters. The van der Waals surface area contributed by atoms with E-state index < -0.39 is 0 Å². The first-order chi connectivity index (χ1) is 9.40. The summed E-state index contributed by atoms with van der Waals surface area (Å²) in [5, 5.41) is 0. The van der Waals surface area contributed by atoms with E-state index in [0.29, 0.717) is 0 Å². The highest BCUT2D eigenvalue weighted by Gasteiger charge is 2.04. The summed E-state index contributed by atoms with van der Waals surface area (Å²) in [6.45, 7) is 3.73. The van der Waals surface area contributed by atoms with Gasteiger partial charge in [0.15, 0.2) is 4.34 Å². The van der Waals surface area contributed by atoms with Crippen LogP contribution in [-0.4, -0.2) is 10.7 Å². The Morgan fingerprint density at radius 3 is 2.95 bits per heavy atom. The first-order valence-corrected chi connectivity index (χ1v) is 11.8. The van der Waals surface area contributed by atoms with Gasteiger partial charge < -0.3 is 0 Å². The van der Waals surface area contributed by atoms with Crippen molar-refractivity contribution in [3.8, 4) is 0 Å². The second-order valence-corrected chi connectivity index (χ2v) is 11.0. The number of para-hydroxylation sites is 1. The molecule has 0 fully saturated rings. The summed E-state index contributed by atoms with van der Waals surface area (Å²) in [5.74, 6) is 1.21. The highest BCUT2D eigenvalue weighted by molar-refractivity contribution is 9.26. The first-order valence-electron chi connectivity index (χ1n) is 5.99. The van der Waals surface area contributed by atoms with Crippen molar-refractivity contribution in [1.29, 1.82) is 0 Å². The Kier molecular flexibility index (Phi) is 7.60. The molecule has 0 saturated heterocycles. The fourth-order valence-corrected chi connectivity index (χ4v) is 8.84. The quantitative estimate of drug-likeness (QED) is 0.284. The average molecular weight is 346 g/mol. The molecule has 1 heterocycles. The molecule has 0 atom stereocenters. The summed E-state index contributed by atoms with van der Waals surface area (Å²) in [5.41, 5.74) is 1.11. The van der Waals surface area contributed by atoms with E-state index in [1.54, 1.807) is 22.1 Å². The largest absolute Gasteiger partial charge is 0.229 e. The number of rotatable bonds is 9. The molecular formula is C13H15NS5. The van der Waals surface area contributed by atoms with Crippen LogP contribution in [-0.2, 0) is 0 Å². The van der Waals surface area contributed by atoms with Gasteiger partial charge in [0.25, 0.3) is 0 Å². The van der Waals surface area contributed by atoms with Crippen LogP contribution < -0.4 is 0 Å². The molecule has 0 aliphatic heterocycles. The van der Waals surface area contributed by atoms with Gasteiger partial charge in [-0.2, -0.15) is 0 Å². The highest BCUT2D eigenvalue weighted by Crippen LogP contribution is 2.48. The monoisotopic (exact) mass is 345 g/mol. The van der Waals surface area contributed by atoms with Gasteiger partial charge in [0, 0.05) is 5.75 Å². The molecule has 0 N–H and O–H groups in total. The Morgan fingerprint density at radius 2 is 2.11 bits per heavy atom. The van der Waals surface area contributed by atoms with Crippen LogP contribution in [0, 0.1) is 0 Å². The minimum atomic E-state index is 1.11. The molecule has 2 rings (SSSR count). The van der Waals surface area contributed by atoms with E-state index in [0.717, 1.165) is 16.3 Å². The van der Waals surface area contributed by atoms with Crippen molar-refractivity contribution in [2.45, 2.75) is 23.6 Å². The standard InChI is InChI=1S/C13H15NS5/c1-2-3-4-7-10-15-18-19-17-13-14-11-8-5-6-9-12(11)16-13/h2,5-6,8-9H,1,3-4,7,10H2. The van der Waals surface area contributed by atoms with Crippen LogP contribution in [0.1, 0.15) is 19.3 Å². The molecule has 0 radical (unpaired) electrons. The Hall–Kier alpha value is 0.250. The Morgan fingerprint density at radius 1 is 1.21 bits per heavy atom. The van der Waals surface area contributed by atoms with Gasteiger partial charge >= 0.3 is 0 Å². The maximum atomic E-state index is 4.60. The number of hydrogen-bond donors (Lipinski definition) is 0. The van der Waals surface area contributed by atoms with E-state index in [1.807, 2.05) is 42.6 Å². The fraction of sp³-hybridized carbons (Fsp3) is 0.308. The third-order valence-electron chi connectivity index (χ3n) is 2.34. The van der Waals surface area contributed by atoms with Crippen molar-refractivity contribution >= 4 is 62.8 Å². The third kappa shape index (κ3) is 5.63. The van der Waals surface area contributed by atoms with Crippen LogP contribution in [0.15, 0.2) is 41.3 Å². The molecule has 0 spiro atoms. The molecule has 1 aromatic carbocycles. The number of thiazole rings is 1. The summed E-state index contributed by atoms with van der Waals surface area (Å²) in [7, 11) is 7.36. The normalized spacial score (nSPS) is 10.9. The molecule has 1 nitrogen and oxygen atoms in total. The molecule has 0 amide bonds. The second-order valence-electron chi connectivity index (χ2n) is 3.77. The molecule has 102 valence electrons. The zero-order valence-electron chi connectivity index (χ0n) is 10.4. The Labute approximate surface area is 133 Å². The number of fused-ring (bicyclic) bond motifs is 1. The molecule has 0 saturated carbocycles. The number of benzene rings is 1. The first kappa shape index (κ1) is 15.6. The van der Waals surface area contributed by atoms with E-state index in [1.165, 1.54) is 23.3 Å². The van der Waals surface area contributed by atoms with Gasteiger partial charge in [-0.3, -0.25) is 0 Å². The average Bonchev–Trinajstić information content (AvgIpc) is 2.84. The van der Waals surface area contributed by atoms with E-state index in [4.69, 9.17) is 0 Å². The van der Waals surface area contributed by atoms with Crippen molar-refractivity contribution in [3.05, 3.63) is 36.9 Å². The van der Waals surface area contributed by atoms with Crippen LogP contribution in [0.25, 0.3) is 10.2 Å². The summed E-state index contributed by atoms with van der Waals surface area (Å²) >= 11 is 1.77. The minimum absolute atomic E-state index is 1.11. The van der Waals surface area contributed by atoms with Gasteiger partial charge in [0.05, 0.1) is 10.2 Å². The number of allylic oxidation sites excluding steroid dienone is 1. The molecule has 6 heteroatoms. The van der Waals surface area contributed by atoms with Crippen molar-refractivity contribution in [1.82, 2.24) is 4.98 Å². The van der Waals surface area contributed by atoms with Crippen LogP contribution in [0.5, 0.6) is 0 Å². The van der Waals surface area contributed by atoms with Gasteiger partial charge in [-0.05, 0) is 61.8 Å². The lowest BCUT2D eigenvalue weighted by Crippen LogP contribution is -1.75. The lowest BCUT2D eigenvalue weighted by atomic mass is 10.2. The van der Waals surface area contributed by atoms with Gasteiger partial charge in [0.1, 0.15) is 0 Å². The van der Waals surface area contributed by atoms with E-state index in [2.05, 4.69) is 29.8 Å². The van der Waals surface area contributed by atoms with Gasteiger partial charge in [0.2, 0.25) is 0 Å². The smallest absolute Gasteiger partial charge is 0.162 e. The molecule has 0 aliphatic rings. The van der Waals surface area contributed by atoms with Crippen LogP contribution in [0.3, 0.4) is 0 Å². The van der Waals surface area contributed by atoms with Crippen molar-refractivity contribution < 1.29 is 0 Å². The maximum Gasteiger partial charge on any atom is 0.162 e. The Balaban J connectivity index is 1.61. The highest BCUT2D eigenvalue weighted by atomic mass is 33.7. The van der Waals surface area contributed by atoms with E-state index in [-0.39, 0.29) is 0 Å². The molecule has 19 heavy (non-hydrogen) atoms. The number of hydrogen-bond acceptors (Lipinski definition) is 6. The summed E-state index contributed by atoms with van der Waals surface area (Å²) in [4.78, 5) is 4.60. The molecule has 1 aromatic heterocycles. The van der Waals surface area contributed by atoms with Crippen molar-refractivity contribution in [3.63, 3.8) is 0 Å². The molecule has 0 bridgehead atoms. The molecule has 2 aromatic rings. The van der Waals surface area contributed by atoms with E-state index >= 15 is 0 Å². The van der Waals surface area contributed by atoms with Gasteiger partial charge in [-0.15, -0.1) is 17.9 Å². The SMILES string of the molecule is C=CCCCCSSSSc1nc2ccccc2s1. The second kappa shape index (κ2) is 9.23. The van der Waals surface area contributed by atoms with Crippen LogP contribution in [0.4, 0.5) is 0 Å². The van der Waals surface area contributed by atoms with Crippen LogP contribution >= 0.6 is 52.6 Å². The Bertz CT molecular complexity index is 477. The predicted octanol–water partition coefficient (Wildman–Crippen LogP) is 6.69. The zero-order valence-corrected chi connectivity index (χ0v) is 14.5. The predicted molar refractivity (Wildman–Crippen MR) is 97.2 cm³/mol. The number of nitrogens with zero attached hydrogens (tertiary/aromatic N) is 1. The van der Waals surface area contributed by atoms with Gasteiger partial charge in [-0.1, -0.05) is 29.0 Å². The summed E-state index contributed by atoms with van der Waals surface area (Å²) in [6.07, 6.45) is 5.66. The lowest BCUT2D eigenvalue weighted by molar-refractivity contribution is 0.825. The summed E-state index contributed by atoms with van der Waals surface area (Å²) in [6, 6.07) is 8.30. The maximum absolute atomic E-state index is 4.60. The summed E-state index contributed by atoms with van der Waals surface area (Å²) < 4.78 is 2.42. The lowest BCUT2D eigenvalue weighted by Gasteiger charge is -1.97. The van der Waals surface area contributed by atoms with Crippen molar-refractivity contribution in [2.75, 3.05) is 5.75 Å². The fourth-order valence-electron chi connectivity index (χ4n) is 1.43. The molecule has 0 aliphatic carbocycles. The topological polar surface area (TPSA) is 12.9 Å². The van der Waals surface area contributed by atoms with Crippen molar-refractivity contribution in [2.24, 2.45) is 0 Å². The van der Waals surface area contributed by atoms with Gasteiger partial charge in [-0.25, -0.2) is 4.98 Å². The number of aromatic nitrogens is 1. The van der Waals surface area contributed by atoms with Crippen LogP contribution in [0.2, 0.25) is 0 Å². The molecular weight excluding hydrogens is 330 g/mol.